The summed E-state index contributed by atoms with van der Waals surface area (Å²) in [6.07, 6.45) is 0. The Morgan fingerprint density at radius 1 is 0.486 bits per heavy atom. The summed E-state index contributed by atoms with van der Waals surface area (Å²) in [6, 6.07) is 47.6. The number of rotatable bonds is 2. The standard InChI is InChI=1S/C37H30/c1-36(2,3)28-19-21-31-33-23-22-30-29-17-11-10-12-25(29)18-20-32(30)35(33)37(34(31)24-28,26-13-6-4-7-14-26)27-15-8-5-9-16-27/h4-24H,1-3H3. The third kappa shape index (κ3) is 3.09. The first-order chi connectivity index (χ1) is 18.0. The summed E-state index contributed by atoms with van der Waals surface area (Å²) in [7, 11) is 0. The van der Waals surface area contributed by atoms with Crippen molar-refractivity contribution < 1.29 is 0 Å². The molecule has 0 atom stereocenters. The van der Waals surface area contributed by atoms with Crippen LogP contribution in [-0.2, 0) is 10.8 Å². The zero-order chi connectivity index (χ0) is 25.2. The summed E-state index contributed by atoms with van der Waals surface area (Å²) in [5.41, 5.74) is 9.10. The van der Waals surface area contributed by atoms with Gasteiger partial charge in [-0.3, -0.25) is 0 Å². The third-order valence-corrected chi connectivity index (χ3v) is 8.29. The smallest absolute Gasteiger partial charge is 0.0622 e. The lowest BCUT2D eigenvalue weighted by atomic mass is 9.66. The van der Waals surface area contributed by atoms with Crippen LogP contribution in [-0.4, -0.2) is 0 Å². The normalized spacial score (nSPS) is 14.0. The Hall–Kier alpha value is -4.16. The Balaban J connectivity index is 1.72. The Kier molecular flexibility index (Phi) is 4.72. The van der Waals surface area contributed by atoms with Gasteiger partial charge in [0, 0.05) is 0 Å². The molecule has 0 heterocycles. The van der Waals surface area contributed by atoms with Crippen molar-refractivity contribution in [3.63, 3.8) is 0 Å². The van der Waals surface area contributed by atoms with E-state index in [9.17, 15) is 0 Å². The molecule has 0 heteroatoms. The second-order valence-electron chi connectivity index (χ2n) is 11.4. The number of hydrogen-bond acceptors (Lipinski definition) is 0. The fourth-order valence-corrected chi connectivity index (χ4v) is 6.55. The largest absolute Gasteiger partial charge is 0.0719 e. The second-order valence-corrected chi connectivity index (χ2v) is 11.4. The molecule has 0 amide bonds. The molecule has 0 radical (unpaired) electrons. The van der Waals surface area contributed by atoms with Crippen molar-refractivity contribution in [2.45, 2.75) is 31.6 Å². The summed E-state index contributed by atoms with van der Waals surface area (Å²) in [5.74, 6) is 0. The molecule has 0 bridgehead atoms. The van der Waals surface area contributed by atoms with E-state index < -0.39 is 5.41 Å². The van der Waals surface area contributed by atoms with Crippen LogP contribution in [0.1, 0.15) is 48.6 Å². The zero-order valence-corrected chi connectivity index (χ0v) is 21.6. The van der Waals surface area contributed by atoms with Crippen LogP contribution in [0.2, 0.25) is 0 Å². The minimum absolute atomic E-state index is 0.0567. The average Bonchev–Trinajstić information content (AvgIpc) is 3.24. The monoisotopic (exact) mass is 474 g/mol. The van der Waals surface area contributed by atoms with E-state index in [2.05, 4.69) is 148 Å². The van der Waals surface area contributed by atoms with E-state index in [1.807, 2.05) is 0 Å². The molecular formula is C37H30. The molecule has 0 saturated heterocycles. The minimum Gasteiger partial charge on any atom is -0.0622 e. The maximum Gasteiger partial charge on any atom is 0.0719 e. The van der Waals surface area contributed by atoms with E-state index in [4.69, 9.17) is 0 Å². The van der Waals surface area contributed by atoms with Gasteiger partial charge in [-0.1, -0.05) is 148 Å². The molecule has 37 heavy (non-hydrogen) atoms. The highest BCUT2D eigenvalue weighted by Gasteiger charge is 2.47. The van der Waals surface area contributed by atoms with Crippen molar-refractivity contribution in [2.75, 3.05) is 0 Å². The molecule has 0 unspecified atom stereocenters. The van der Waals surface area contributed by atoms with E-state index in [-0.39, 0.29) is 5.41 Å². The van der Waals surface area contributed by atoms with Crippen LogP contribution in [0.3, 0.4) is 0 Å². The molecule has 178 valence electrons. The van der Waals surface area contributed by atoms with Gasteiger partial charge in [0.1, 0.15) is 0 Å². The molecule has 6 aromatic carbocycles. The molecule has 0 N–H and O–H groups in total. The first-order valence-electron chi connectivity index (χ1n) is 13.2. The van der Waals surface area contributed by atoms with Gasteiger partial charge in [0.05, 0.1) is 5.41 Å². The lowest BCUT2D eigenvalue weighted by Gasteiger charge is -2.35. The van der Waals surface area contributed by atoms with Crippen LogP contribution in [0, 0.1) is 0 Å². The molecule has 1 aliphatic carbocycles. The van der Waals surface area contributed by atoms with Crippen LogP contribution in [0.4, 0.5) is 0 Å². The Morgan fingerprint density at radius 2 is 1.08 bits per heavy atom. The van der Waals surface area contributed by atoms with E-state index >= 15 is 0 Å². The Morgan fingerprint density at radius 3 is 1.76 bits per heavy atom. The van der Waals surface area contributed by atoms with Gasteiger partial charge in [-0.2, -0.15) is 0 Å². The lowest BCUT2D eigenvalue weighted by molar-refractivity contribution is 0.588. The van der Waals surface area contributed by atoms with Gasteiger partial charge in [-0.05, 0) is 65.9 Å². The molecule has 0 nitrogen and oxygen atoms in total. The second kappa shape index (κ2) is 7.92. The van der Waals surface area contributed by atoms with Gasteiger partial charge in [-0.25, -0.2) is 0 Å². The fraction of sp³-hybridized carbons (Fsp3) is 0.135. The van der Waals surface area contributed by atoms with E-state index in [0.29, 0.717) is 0 Å². The van der Waals surface area contributed by atoms with Crippen molar-refractivity contribution in [3.05, 3.63) is 155 Å². The number of hydrogen-bond donors (Lipinski definition) is 0. The molecule has 0 spiro atoms. The Labute approximate surface area is 219 Å². The van der Waals surface area contributed by atoms with Crippen LogP contribution < -0.4 is 0 Å². The molecule has 7 rings (SSSR count). The quantitative estimate of drug-likeness (QED) is 0.219. The highest BCUT2D eigenvalue weighted by Crippen LogP contribution is 2.58. The van der Waals surface area contributed by atoms with Gasteiger partial charge in [0.15, 0.2) is 0 Å². The third-order valence-electron chi connectivity index (χ3n) is 8.29. The van der Waals surface area contributed by atoms with Gasteiger partial charge in [0.25, 0.3) is 0 Å². The summed E-state index contributed by atoms with van der Waals surface area (Å²) < 4.78 is 0. The summed E-state index contributed by atoms with van der Waals surface area (Å²) in [4.78, 5) is 0. The number of benzene rings is 6. The topological polar surface area (TPSA) is 0 Å². The molecular weight excluding hydrogens is 444 g/mol. The van der Waals surface area contributed by atoms with Crippen molar-refractivity contribution in [1.29, 1.82) is 0 Å². The maximum atomic E-state index is 2.49. The molecule has 6 aromatic rings. The van der Waals surface area contributed by atoms with E-state index in [1.165, 1.54) is 60.5 Å². The van der Waals surface area contributed by atoms with Gasteiger partial charge in [0.2, 0.25) is 0 Å². The number of fused-ring (bicyclic) bond motifs is 7. The molecule has 0 saturated carbocycles. The van der Waals surface area contributed by atoms with Crippen LogP contribution >= 0.6 is 0 Å². The van der Waals surface area contributed by atoms with Crippen molar-refractivity contribution in [3.8, 4) is 11.1 Å². The van der Waals surface area contributed by atoms with Crippen molar-refractivity contribution in [1.82, 2.24) is 0 Å². The van der Waals surface area contributed by atoms with Crippen LogP contribution in [0.5, 0.6) is 0 Å². The van der Waals surface area contributed by atoms with Gasteiger partial charge in [-0.15, -0.1) is 0 Å². The predicted molar refractivity (Wildman–Crippen MR) is 157 cm³/mol. The summed E-state index contributed by atoms with van der Waals surface area (Å²) in [6.45, 7) is 6.93. The average molecular weight is 475 g/mol. The van der Waals surface area contributed by atoms with Crippen LogP contribution in [0.15, 0.2) is 127 Å². The van der Waals surface area contributed by atoms with Gasteiger partial charge >= 0.3 is 0 Å². The SMILES string of the molecule is CC(C)(C)c1ccc2c(c1)C(c1ccccc1)(c1ccccc1)c1c-2ccc2c1ccc1ccccc12. The maximum absolute atomic E-state index is 2.49. The van der Waals surface area contributed by atoms with Crippen molar-refractivity contribution in [2.24, 2.45) is 0 Å². The first kappa shape index (κ1) is 22.1. The van der Waals surface area contributed by atoms with Crippen molar-refractivity contribution >= 4 is 21.5 Å². The van der Waals surface area contributed by atoms with E-state index in [0.717, 1.165) is 0 Å². The minimum atomic E-state index is -0.406. The highest BCUT2D eigenvalue weighted by atomic mass is 14.5. The predicted octanol–water partition coefficient (Wildman–Crippen LogP) is 9.65. The molecule has 0 fully saturated rings. The fourth-order valence-electron chi connectivity index (χ4n) is 6.55. The zero-order valence-electron chi connectivity index (χ0n) is 21.6. The molecule has 0 aromatic heterocycles. The molecule has 1 aliphatic rings. The Bertz CT molecular complexity index is 1740. The van der Waals surface area contributed by atoms with Gasteiger partial charge < -0.3 is 0 Å². The summed E-state index contributed by atoms with van der Waals surface area (Å²) in [5, 5.41) is 5.24. The van der Waals surface area contributed by atoms with Crippen LogP contribution in [0.25, 0.3) is 32.7 Å². The first-order valence-corrected chi connectivity index (χ1v) is 13.2. The molecule has 0 aliphatic heterocycles. The van der Waals surface area contributed by atoms with E-state index in [1.54, 1.807) is 0 Å². The lowest BCUT2D eigenvalue weighted by Crippen LogP contribution is -2.29. The highest BCUT2D eigenvalue weighted by molar-refractivity contribution is 6.12. The summed E-state index contributed by atoms with van der Waals surface area (Å²) >= 11 is 0.